The zero-order chi connectivity index (χ0) is 20.8. The topological polar surface area (TPSA) is 61.4 Å². The monoisotopic (exact) mass is 483 g/mol. The van der Waals surface area contributed by atoms with Crippen LogP contribution in [0.4, 0.5) is 17.2 Å². The number of anilines is 3. The molecule has 1 aliphatic heterocycles. The van der Waals surface area contributed by atoms with Gasteiger partial charge in [0, 0.05) is 54.4 Å². The molecule has 1 aliphatic rings. The lowest BCUT2D eigenvalue weighted by Crippen LogP contribution is -2.47. The van der Waals surface area contributed by atoms with Crippen molar-refractivity contribution in [1.29, 1.82) is 0 Å². The highest BCUT2D eigenvalue weighted by molar-refractivity contribution is 9.10. The second kappa shape index (κ2) is 9.95. The average molecular weight is 484 g/mol. The van der Waals surface area contributed by atoms with Crippen LogP contribution >= 0.6 is 27.7 Å². The quantitative estimate of drug-likeness (QED) is 0.527. The van der Waals surface area contributed by atoms with Gasteiger partial charge in [-0.25, -0.2) is 9.97 Å². The summed E-state index contributed by atoms with van der Waals surface area (Å²) < 4.78 is 0.978. The van der Waals surface area contributed by atoms with Crippen molar-refractivity contribution < 1.29 is 4.79 Å². The van der Waals surface area contributed by atoms with Crippen molar-refractivity contribution in [2.45, 2.75) is 5.03 Å². The summed E-state index contributed by atoms with van der Waals surface area (Å²) in [5, 5.41) is 3.70. The highest BCUT2D eigenvalue weighted by atomic mass is 79.9. The summed E-state index contributed by atoms with van der Waals surface area (Å²) in [4.78, 5) is 26.0. The SMILES string of the molecule is O=C(CSc1nccnc1N1CCN(c2ccccc2)CC1)Nc1ccc(Br)cc1. The fraction of sp³-hybridized carbons (Fsp3) is 0.227. The van der Waals surface area contributed by atoms with Gasteiger partial charge in [-0.1, -0.05) is 45.9 Å². The molecular formula is C22H22BrN5OS. The van der Waals surface area contributed by atoms with Crippen molar-refractivity contribution in [3.63, 3.8) is 0 Å². The minimum atomic E-state index is -0.0622. The summed E-state index contributed by atoms with van der Waals surface area (Å²) >= 11 is 4.81. The van der Waals surface area contributed by atoms with E-state index < -0.39 is 0 Å². The van der Waals surface area contributed by atoms with Gasteiger partial charge in [-0.3, -0.25) is 4.79 Å². The summed E-state index contributed by atoms with van der Waals surface area (Å²) in [5.74, 6) is 1.07. The van der Waals surface area contributed by atoms with E-state index in [0.717, 1.165) is 47.2 Å². The third-order valence-electron chi connectivity index (χ3n) is 4.82. The Hall–Kier alpha value is -2.58. The summed E-state index contributed by atoms with van der Waals surface area (Å²) in [6.07, 6.45) is 3.39. The van der Waals surface area contributed by atoms with Gasteiger partial charge in [-0.05, 0) is 36.4 Å². The molecule has 2 heterocycles. The fourth-order valence-electron chi connectivity index (χ4n) is 3.32. The maximum atomic E-state index is 12.3. The van der Waals surface area contributed by atoms with Crippen LogP contribution < -0.4 is 15.1 Å². The molecule has 0 spiro atoms. The number of para-hydroxylation sites is 1. The zero-order valence-corrected chi connectivity index (χ0v) is 18.8. The summed E-state index contributed by atoms with van der Waals surface area (Å²) in [6.45, 7) is 3.59. The number of nitrogens with zero attached hydrogens (tertiary/aromatic N) is 4. The molecule has 8 heteroatoms. The first-order valence-corrected chi connectivity index (χ1v) is 11.5. The highest BCUT2D eigenvalue weighted by Crippen LogP contribution is 2.27. The lowest BCUT2D eigenvalue weighted by molar-refractivity contribution is -0.113. The first-order chi connectivity index (χ1) is 14.7. The molecule has 0 saturated carbocycles. The van der Waals surface area contributed by atoms with Crippen LogP contribution in [0.25, 0.3) is 0 Å². The van der Waals surface area contributed by atoms with Gasteiger partial charge in [0.1, 0.15) is 5.03 Å². The second-order valence-corrected chi connectivity index (χ2v) is 8.72. The normalized spacial score (nSPS) is 13.9. The Morgan fingerprint density at radius 3 is 2.33 bits per heavy atom. The first-order valence-electron chi connectivity index (χ1n) is 9.73. The number of thioether (sulfide) groups is 1. The predicted octanol–water partition coefficient (Wildman–Crippen LogP) is 4.30. The maximum Gasteiger partial charge on any atom is 0.234 e. The van der Waals surface area contributed by atoms with E-state index in [1.807, 2.05) is 30.3 Å². The van der Waals surface area contributed by atoms with Gasteiger partial charge in [-0.2, -0.15) is 0 Å². The fourth-order valence-corrected chi connectivity index (χ4v) is 4.37. The first kappa shape index (κ1) is 20.7. The molecule has 2 aromatic carbocycles. The number of aromatic nitrogens is 2. The number of hydrogen-bond acceptors (Lipinski definition) is 6. The van der Waals surface area contributed by atoms with Crippen LogP contribution in [0.5, 0.6) is 0 Å². The van der Waals surface area contributed by atoms with Crippen LogP contribution in [-0.2, 0) is 4.79 Å². The Morgan fingerprint density at radius 2 is 1.60 bits per heavy atom. The van der Waals surface area contributed by atoms with E-state index in [1.165, 1.54) is 17.4 Å². The largest absolute Gasteiger partial charge is 0.368 e. The van der Waals surface area contributed by atoms with E-state index >= 15 is 0 Å². The van der Waals surface area contributed by atoms with E-state index in [4.69, 9.17) is 0 Å². The number of hydrogen-bond donors (Lipinski definition) is 1. The standard InChI is InChI=1S/C22H22BrN5OS/c23-17-6-8-18(9-7-17)26-20(29)16-30-22-21(24-10-11-25-22)28-14-12-27(13-15-28)19-4-2-1-3-5-19/h1-11H,12-16H2,(H,26,29). The number of halogens is 1. The van der Waals surface area contributed by atoms with Gasteiger partial charge in [0.25, 0.3) is 0 Å². The summed E-state index contributed by atoms with van der Waals surface area (Å²) in [7, 11) is 0. The zero-order valence-electron chi connectivity index (χ0n) is 16.4. The van der Waals surface area contributed by atoms with Crippen LogP contribution in [0.3, 0.4) is 0 Å². The lowest BCUT2D eigenvalue weighted by Gasteiger charge is -2.37. The minimum Gasteiger partial charge on any atom is -0.368 e. The van der Waals surface area contributed by atoms with Crippen molar-refractivity contribution in [1.82, 2.24) is 9.97 Å². The molecule has 0 unspecified atom stereocenters. The summed E-state index contributed by atoms with van der Waals surface area (Å²) in [6, 6.07) is 18.0. The van der Waals surface area contributed by atoms with Crippen molar-refractivity contribution in [3.8, 4) is 0 Å². The molecule has 1 fully saturated rings. The van der Waals surface area contributed by atoms with Gasteiger partial charge >= 0.3 is 0 Å². The van der Waals surface area contributed by atoms with E-state index in [2.05, 4.69) is 65.3 Å². The molecular weight excluding hydrogens is 462 g/mol. The van der Waals surface area contributed by atoms with Crippen molar-refractivity contribution in [2.75, 3.05) is 47.0 Å². The smallest absolute Gasteiger partial charge is 0.234 e. The average Bonchev–Trinajstić information content (AvgIpc) is 2.80. The van der Waals surface area contributed by atoms with Crippen molar-refractivity contribution in [2.24, 2.45) is 0 Å². The third-order valence-corrected chi connectivity index (χ3v) is 6.31. The Balaban J connectivity index is 1.35. The lowest BCUT2D eigenvalue weighted by atomic mass is 10.2. The molecule has 6 nitrogen and oxygen atoms in total. The molecule has 1 aromatic heterocycles. The van der Waals surface area contributed by atoms with Gasteiger partial charge in [-0.15, -0.1) is 0 Å². The van der Waals surface area contributed by atoms with Crippen LogP contribution in [0, 0.1) is 0 Å². The van der Waals surface area contributed by atoms with Crippen LogP contribution in [0.2, 0.25) is 0 Å². The Bertz CT molecular complexity index is 978. The number of benzene rings is 2. The molecule has 154 valence electrons. The Labute approximate surface area is 188 Å². The molecule has 1 N–H and O–H groups in total. The second-order valence-electron chi connectivity index (χ2n) is 6.84. The van der Waals surface area contributed by atoms with Gasteiger partial charge < -0.3 is 15.1 Å². The van der Waals surface area contributed by atoms with Gasteiger partial charge in [0.05, 0.1) is 5.75 Å². The molecule has 0 radical (unpaired) electrons. The molecule has 0 aliphatic carbocycles. The predicted molar refractivity (Wildman–Crippen MR) is 126 cm³/mol. The van der Waals surface area contributed by atoms with E-state index in [0.29, 0.717) is 0 Å². The Kier molecular flexibility index (Phi) is 6.86. The number of carbonyl (C=O) groups is 1. The van der Waals surface area contributed by atoms with Crippen molar-refractivity contribution in [3.05, 3.63) is 71.5 Å². The number of amides is 1. The van der Waals surface area contributed by atoms with Gasteiger partial charge in [0.2, 0.25) is 5.91 Å². The number of rotatable bonds is 6. The highest BCUT2D eigenvalue weighted by Gasteiger charge is 2.21. The molecule has 0 atom stereocenters. The molecule has 0 bridgehead atoms. The van der Waals surface area contributed by atoms with E-state index in [1.54, 1.807) is 12.4 Å². The van der Waals surface area contributed by atoms with E-state index in [9.17, 15) is 4.79 Å². The van der Waals surface area contributed by atoms with E-state index in [-0.39, 0.29) is 11.7 Å². The summed E-state index contributed by atoms with van der Waals surface area (Å²) in [5.41, 5.74) is 2.02. The molecule has 30 heavy (non-hydrogen) atoms. The maximum absolute atomic E-state index is 12.3. The molecule has 1 saturated heterocycles. The number of carbonyl (C=O) groups excluding carboxylic acids is 1. The molecule has 3 aromatic rings. The number of nitrogens with one attached hydrogen (secondary N) is 1. The van der Waals surface area contributed by atoms with Crippen LogP contribution in [0.1, 0.15) is 0 Å². The van der Waals surface area contributed by atoms with Crippen LogP contribution in [0.15, 0.2) is 76.5 Å². The van der Waals surface area contributed by atoms with Crippen molar-refractivity contribution >= 4 is 50.8 Å². The Morgan fingerprint density at radius 1 is 0.933 bits per heavy atom. The third kappa shape index (κ3) is 5.31. The molecule has 1 amide bonds. The molecule has 4 rings (SSSR count). The minimum absolute atomic E-state index is 0.0622. The van der Waals surface area contributed by atoms with Crippen LogP contribution in [-0.4, -0.2) is 47.8 Å². The number of piperazine rings is 1. The van der Waals surface area contributed by atoms with Gasteiger partial charge in [0.15, 0.2) is 5.82 Å².